The van der Waals surface area contributed by atoms with Gasteiger partial charge in [0.2, 0.25) is 0 Å². The van der Waals surface area contributed by atoms with Gasteiger partial charge in [-0.25, -0.2) is 9.97 Å². The molecule has 0 aliphatic heterocycles. The SMILES string of the molecule is COc1cc(-c2cnc3cc(OCc4cn(C)cn4)ccn23)cc(OC(F)F)c1C(=O)NC1CC1. The number of hydrogen-bond donors (Lipinski definition) is 1. The van der Waals surface area contributed by atoms with Gasteiger partial charge < -0.3 is 24.1 Å². The predicted octanol–water partition coefficient (Wildman–Crippen LogP) is 3.82. The summed E-state index contributed by atoms with van der Waals surface area (Å²) in [5.74, 6) is -0.0505. The van der Waals surface area contributed by atoms with Crippen molar-refractivity contribution < 1.29 is 27.8 Å². The minimum Gasteiger partial charge on any atom is -0.496 e. The average molecular weight is 483 g/mol. The number of halogens is 2. The van der Waals surface area contributed by atoms with Gasteiger partial charge >= 0.3 is 6.61 Å². The molecule has 11 heteroatoms. The van der Waals surface area contributed by atoms with Crippen LogP contribution >= 0.6 is 0 Å². The Morgan fingerprint density at radius 2 is 2.03 bits per heavy atom. The molecule has 35 heavy (non-hydrogen) atoms. The van der Waals surface area contributed by atoms with E-state index in [-0.39, 0.29) is 23.1 Å². The van der Waals surface area contributed by atoms with Crippen LogP contribution in [0.1, 0.15) is 28.9 Å². The second kappa shape index (κ2) is 9.24. The number of nitrogens with zero attached hydrogens (tertiary/aromatic N) is 4. The number of imidazole rings is 2. The summed E-state index contributed by atoms with van der Waals surface area (Å²) in [4.78, 5) is 21.4. The number of aryl methyl sites for hydroxylation is 1. The molecule has 1 N–H and O–H groups in total. The van der Waals surface area contributed by atoms with E-state index in [0.29, 0.717) is 29.3 Å². The van der Waals surface area contributed by atoms with E-state index in [1.54, 1.807) is 41.3 Å². The Balaban J connectivity index is 1.47. The van der Waals surface area contributed by atoms with Crippen LogP contribution in [0.3, 0.4) is 0 Å². The van der Waals surface area contributed by atoms with Gasteiger partial charge in [0.05, 0.1) is 31.0 Å². The standard InChI is InChI=1S/C24H23F2N5O4/c1-30-11-16(28-13-30)12-34-17-5-6-31-18(10-27-21(31)9-17)14-7-19(33-2)22(20(8-14)35-24(25)26)23(32)29-15-3-4-15/h5-11,13,15,24H,3-4,12H2,1-2H3,(H,29,32). The van der Waals surface area contributed by atoms with E-state index in [4.69, 9.17) is 14.2 Å². The number of amides is 1. The second-order valence-electron chi connectivity index (χ2n) is 8.23. The van der Waals surface area contributed by atoms with Crippen molar-refractivity contribution in [3.05, 3.63) is 60.4 Å². The number of alkyl halides is 2. The van der Waals surface area contributed by atoms with Gasteiger partial charge in [-0.2, -0.15) is 8.78 Å². The first-order chi connectivity index (χ1) is 16.9. The van der Waals surface area contributed by atoms with Crippen LogP contribution in [0.15, 0.2) is 49.2 Å². The molecule has 0 unspecified atom stereocenters. The van der Waals surface area contributed by atoms with Crippen molar-refractivity contribution in [2.45, 2.75) is 32.1 Å². The van der Waals surface area contributed by atoms with E-state index in [1.807, 2.05) is 17.8 Å². The fourth-order valence-electron chi connectivity index (χ4n) is 3.76. The molecule has 3 heterocycles. The largest absolute Gasteiger partial charge is 0.496 e. The molecule has 1 aliphatic carbocycles. The number of carbonyl (C=O) groups excluding carboxylic acids is 1. The van der Waals surface area contributed by atoms with Gasteiger partial charge in [0.25, 0.3) is 5.91 Å². The molecule has 182 valence electrons. The summed E-state index contributed by atoms with van der Waals surface area (Å²) in [5.41, 5.74) is 2.41. The van der Waals surface area contributed by atoms with Crippen LogP contribution in [0.2, 0.25) is 0 Å². The Kier molecular flexibility index (Phi) is 5.98. The molecule has 0 bridgehead atoms. The van der Waals surface area contributed by atoms with Crippen LogP contribution in [0, 0.1) is 0 Å². The molecule has 1 amide bonds. The Labute approximate surface area is 199 Å². The van der Waals surface area contributed by atoms with Crippen molar-refractivity contribution in [2.75, 3.05) is 7.11 Å². The number of ether oxygens (including phenoxy) is 3. The topological polar surface area (TPSA) is 91.9 Å². The predicted molar refractivity (Wildman–Crippen MR) is 122 cm³/mol. The lowest BCUT2D eigenvalue weighted by Crippen LogP contribution is -2.26. The van der Waals surface area contributed by atoms with E-state index < -0.39 is 12.5 Å². The lowest BCUT2D eigenvalue weighted by Gasteiger charge is -2.16. The van der Waals surface area contributed by atoms with Gasteiger partial charge in [-0.15, -0.1) is 0 Å². The van der Waals surface area contributed by atoms with E-state index in [9.17, 15) is 13.6 Å². The highest BCUT2D eigenvalue weighted by molar-refractivity contribution is 6.01. The number of benzene rings is 1. The molecular weight excluding hydrogens is 460 g/mol. The van der Waals surface area contributed by atoms with Gasteiger partial charge in [0.15, 0.2) is 0 Å². The van der Waals surface area contributed by atoms with Crippen molar-refractivity contribution in [2.24, 2.45) is 7.05 Å². The van der Waals surface area contributed by atoms with Crippen molar-refractivity contribution in [1.82, 2.24) is 24.3 Å². The highest BCUT2D eigenvalue weighted by Crippen LogP contribution is 2.37. The number of methoxy groups -OCH3 is 1. The first kappa shape index (κ1) is 22.6. The van der Waals surface area contributed by atoms with E-state index in [0.717, 1.165) is 18.5 Å². The third-order valence-corrected chi connectivity index (χ3v) is 5.57. The monoisotopic (exact) mass is 483 g/mol. The Morgan fingerprint density at radius 3 is 2.71 bits per heavy atom. The third kappa shape index (κ3) is 4.88. The zero-order valence-electron chi connectivity index (χ0n) is 19.1. The van der Waals surface area contributed by atoms with Crippen LogP contribution < -0.4 is 19.5 Å². The zero-order valence-corrected chi connectivity index (χ0v) is 19.1. The quantitative estimate of drug-likeness (QED) is 0.389. The number of rotatable bonds is 9. The molecule has 0 spiro atoms. The zero-order chi connectivity index (χ0) is 24.5. The maximum atomic E-state index is 13.2. The number of fused-ring (bicyclic) bond motifs is 1. The van der Waals surface area contributed by atoms with E-state index in [1.165, 1.54) is 13.2 Å². The van der Waals surface area contributed by atoms with Crippen LogP contribution in [0.4, 0.5) is 8.78 Å². The highest BCUT2D eigenvalue weighted by atomic mass is 19.3. The molecule has 0 atom stereocenters. The van der Waals surface area contributed by atoms with E-state index in [2.05, 4.69) is 15.3 Å². The van der Waals surface area contributed by atoms with E-state index >= 15 is 0 Å². The first-order valence-corrected chi connectivity index (χ1v) is 11.0. The molecule has 1 saturated carbocycles. The van der Waals surface area contributed by atoms with Crippen LogP contribution in [-0.4, -0.2) is 44.6 Å². The van der Waals surface area contributed by atoms with Crippen molar-refractivity contribution in [3.63, 3.8) is 0 Å². The van der Waals surface area contributed by atoms with Gasteiger partial charge in [-0.3, -0.25) is 9.20 Å². The number of nitrogens with one attached hydrogen (secondary N) is 1. The molecule has 3 aromatic heterocycles. The third-order valence-electron chi connectivity index (χ3n) is 5.57. The van der Waals surface area contributed by atoms with Crippen molar-refractivity contribution >= 4 is 11.6 Å². The molecule has 1 fully saturated rings. The van der Waals surface area contributed by atoms with Crippen molar-refractivity contribution in [3.8, 4) is 28.5 Å². The van der Waals surface area contributed by atoms with Crippen LogP contribution in [0.5, 0.6) is 17.2 Å². The summed E-state index contributed by atoms with van der Waals surface area (Å²) in [7, 11) is 3.26. The lowest BCUT2D eigenvalue weighted by molar-refractivity contribution is -0.0502. The number of pyridine rings is 1. The average Bonchev–Trinajstić information content (AvgIpc) is 3.38. The van der Waals surface area contributed by atoms with Crippen molar-refractivity contribution in [1.29, 1.82) is 0 Å². The second-order valence-corrected chi connectivity index (χ2v) is 8.23. The van der Waals surface area contributed by atoms with Gasteiger partial charge in [0.1, 0.15) is 35.1 Å². The van der Waals surface area contributed by atoms with Gasteiger partial charge in [0, 0.05) is 37.1 Å². The van der Waals surface area contributed by atoms with Crippen LogP contribution in [0.25, 0.3) is 16.9 Å². The number of hydrogen-bond acceptors (Lipinski definition) is 6. The molecule has 4 aromatic rings. The Bertz CT molecular complexity index is 1380. The molecule has 1 aliphatic rings. The smallest absolute Gasteiger partial charge is 0.387 e. The summed E-state index contributed by atoms with van der Waals surface area (Å²) in [6, 6.07) is 6.57. The van der Waals surface area contributed by atoms with Crippen LogP contribution in [-0.2, 0) is 13.7 Å². The summed E-state index contributed by atoms with van der Waals surface area (Å²) in [6.45, 7) is -2.80. The number of aromatic nitrogens is 4. The number of carbonyl (C=O) groups is 1. The van der Waals surface area contributed by atoms with Gasteiger partial charge in [-0.05, 0) is 31.0 Å². The molecule has 1 aromatic carbocycles. The summed E-state index contributed by atoms with van der Waals surface area (Å²) in [5, 5.41) is 2.79. The minimum absolute atomic E-state index is 0.0409. The normalized spacial score (nSPS) is 13.3. The molecule has 0 radical (unpaired) electrons. The summed E-state index contributed by atoms with van der Waals surface area (Å²) < 4.78 is 46.0. The fourth-order valence-corrected chi connectivity index (χ4v) is 3.76. The molecule has 0 saturated heterocycles. The lowest BCUT2D eigenvalue weighted by atomic mass is 10.1. The molecule has 5 rings (SSSR count). The minimum atomic E-state index is -3.11. The Morgan fingerprint density at radius 1 is 1.23 bits per heavy atom. The molecule has 9 nitrogen and oxygen atoms in total. The van der Waals surface area contributed by atoms with Gasteiger partial charge in [-0.1, -0.05) is 0 Å². The Hall–Kier alpha value is -4.15. The summed E-state index contributed by atoms with van der Waals surface area (Å²) >= 11 is 0. The maximum Gasteiger partial charge on any atom is 0.387 e. The maximum absolute atomic E-state index is 13.2. The first-order valence-electron chi connectivity index (χ1n) is 11.0. The molecular formula is C24H23F2N5O4. The fraction of sp³-hybridized carbons (Fsp3) is 0.292. The summed E-state index contributed by atoms with van der Waals surface area (Å²) in [6.07, 6.45) is 8.64. The highest BCUT2D eigenvalue weighted by Gasteiger charge is 2.29.